The van der Waals surface area contributed by atoms with E-state index in [2.05, 4.69) is 21.3 Å². The lowest BCUT2D eigenvalue weighted by Crippen LogP contribution is -2.33. The summed E-state index contributed by atoms with van der Waals surface area (Å²) >= 11 is 1.44. The first-order valence-corrected chi connectivity index (χ1v) is 21.4. The monoisotopic (exact) mass is 792 g/mol. The van der Waals surface area contributed by atoms with Crippen LogP contribution < -0.4 is 10.2 Å². The number of anilines is 2. The van der Waals surface area contributed by atoms with E-state index in [0.717, 1.165) is 70.5 Å². The van der Waals surface area contributed by atoms with E-state index in [0.29, 0.717) is 48.0 Å². The number of aromatic nitrogens is 4. The summed E-state index contributed by atoms with van der Waals surface area (Å²) < 4.78 is 7.72. The van der Waals surface area contributed by atoms with Gasteiger partial charge >= 0.3 is 11.9 Å². The fourth-order valence-corrected chi connectivity index (χ4v) is 8.81. The third-order valence-corrected chi connectivity index (χ3v) is 12.0. The fourth-order valence-electron chi connectivity index (χ4n) is 7.95. The smallest absolute Gasteiger partial charge is 0.355 e. The molecule has 302 valence electrons. The molecule has 0 spiro atoms. The number of carbonyl (C=O) groups excluding carboxylic acids is 2. The number of aromatic carboxylic acids is 1. The van der Waals surface area contributed by atoms with Crippen molar-refractivity contribution in [2.24, 2.45) is 0 Å². The van der Waals surface area contributed by atoms with Crippen molar-refractivity contribution in [3.63, 3.8) is 0 Å². The van der Waals surface area contributed by atoms with Crippen LogP contribution in [0.2, 0.25) is 0 Å². The Morgan fingerprint density at radius 3 is 2.19 bits per heavy atom. The number of carboxylic acid groups (broad SMARTS) is 1. The molecule has 1 aliphatic heterocycles. The van der Waals surface area contributed by atoms with Crippen molar-refractivity contribution in [3.8, 4) is 11.1 Å². The molecule has 0 fully saturated rings. The van der Waals surface area contributed by atoms with Gasteiger partial charge in [-0.1, -0.05) is 106 Å². The standard InChI is InChI=1S/C45H56N6O5S/c1-31-41(32(2)51(49-31)28-18-14-12-10-8-6-4-5-7-9-11-13-15-24-40(52)56-3)35-25-26-39(47-42(35)44(54)55)50-29-27-33-20-19-21-34(36(33)30-50)43(53)48-45-46-37-22-16-17-23-38(37)57-45/h16-17,19-23,25-26H,4-15,18,24,27-30H2,1-3H3,(H,54,55)(H,46,48,53). The Balaban J connectivity index is 0.994. The van der Waals surface area contributed by atoms with Gasteiger partial charge in [-0.15, -0.1) is 0 Å². The van der Waals surface area contributed by atoms with Gasteiger partial charge in [0.15, 0.2) is 10.8 Å². The Kier molecular flexibility index (Phi) is 14.8. The van der Waals surface area contributed by atoms with Gasteiger partial charge in [0.25, 0.3) is 5.91 Å². The number of esters is 1. The summed E-state index contributed by atoms with van der Waals surface area (Å²) in [7, 11) is 1.45. The van der Waals surface area contributed by atoms with Gasteiger partial charge in [0.2, 0.25) is 0 Å². The van der Waals surface area contributed by atoms with Crippen LogP contribution >= 0.6 is 11.3 Å². The minimum absolute atomic E-state index is 0.00143. The predicted octanol–water partition coefficient (Wildman–Crippen LogP) is 10.3. The number of pyridine rings is 1. The van der Waals surface area contributed by atoms with Crippen LogP contribution in [0.4, 0.5) is 10.9 Å². The number of methoxy groups -OCH3 is 1. The normalized spacial score (nSPS) is 12.5. The molecular formula is C45H56N6O5S. The number of amides is 1. The fraction of sp³-hybridized carbons (Fsp3) is 0.467. The molecule has 4 heterocycles. The van der Waals surface area contributed by atoms with Crippen LogP contribution in [-0.2, 0) is 29.0 Å². The number of hydrogen-bond donors (Lipinski definition) is 2. The van der Waals surface area contributed by atoms with Gasteiger partial charge in [-0.2, -0.15) is 5.10 Å². The molecular weight excluding hydrogens is 737 g/mol. The van der Waals surface area contributed by atoms with Crippen molar-refractivity contribution < 1.29 is 24.2 Å². The van der Waals surface area contributed by atoms with Crippen LogP contribution in [0.3, 0.4) is 0 Å². The molecule has 11 nitrogen and oxygen atoms in total. The van der Waals surface area contributed by atoms with E-state index >= 15 is 0 Å². The van der Waals surface area contributed by atoms with Gasteiger partial charge in [-0.25, -0.2) is 14.8 Å². The summed E-state index contributed by atoms with van der Waals surface area (Å²) in [5.74, 6) is -0.842. The van der Waals surface area contributed by atoms with Crippen molar-refractivity contribution >= 4 is 50.3 Å². The zero-order valence-corrected chi connectivity index (χ0v) is 34.5. The van der Waals surface area contributed by atoms with E-state index in [1.54, 1.807) is 0 Å². The van der Waals surface area contributed by atoms with Crippen molar-refractivity contribution in [2.75, 3.05) is 23.9 Å². The maximum absolute atomic E-state index is 13.6. The third-order valence-electron chi connectivity index (χ3n) is 11.1. The second-order valence-electron chi connectivity index (χ2n) is 15.1. The van der Waals surface area contributed by atoms with Gasteiger partial charge in [0.1, 0.15) is 5.82 Å². The zero-order valence-electron chi connectivity index (χ0n) is 33.6. The molecule has 0 unspecified atom stereocenters. The highest BCUT2D eigenvalue weighted by atomic mass is 32.1. The largest absolute Gasteiger partial charge is 0.476 e. The number of fused-ring (bicyclic) bond motifs is 2. The quantitative estimate of drug-likeness (QED) is 0.0549. The van der Waals surface area contributed by atoms with Gasteiger partial charge in [0.05, 0.1) is 23.0 Å². The number of aryl methyl sites for hydroxylation is 2. The van der Waals surface area contributed by atoms with Gasteiger partial charge in [-0.05, 0) is 74.6 Å². The SMILES string of the molecule is COC(=O)CCCCCCCCCCCCCCCn1nc(C)c(-c2ccc(N3CCc4cccc(C(=O)Nc5nc6ccccc6s5)c4C3)nc2C(=O)O)c1C. The van der Waals surface area contributed by atoms with E-state index in [9.17, 15) is 19.5 Å². The number of ether oxygens (including phenoxy) is 1. The summed E-state index contributed by atoms with van der Waals surface area (Å²) in [6.45, 7) is 5.83. The number of rotatable bonds is 21. The Morgan fingerprint density at radius 2 is 1.51 bits per heavy atom. The molecule has 0 atom stereocenters. The second-order valence-corrected chi connectivity index (χ2v) is 16.1. The minimum atomic E-state index is -1.08. The highest BCUT2D eigenvalue weighted by Crippen LogP contribution is 2.34. The second kappa shape index (κ2) is 20.4. The molecule has 0 saturated carbocycles. The van der Waals surface area contributed by atoms with Crippen LogP contribution in [0, 0.1) is 13.8 Å². The maximum Gasteiger partial charge on any atom is 0.355 e. The van der Waals surface area contributed by atoms with Crippen molar-refractivity contribution in [1.29, 1.82) is 0 Å². The van der Waals surface area contributed by atoms with Gasteiger partial charge < -0.3 is 14.7 Å². The molecule has 0 radical (unpaired) electrons. The lowest BCUT2D eigenvalue weighted by Gasteiger charge is -2.31. The molecule has 57 heavy (non-hydrogen) atoms. The first-order valence-electron chi connectivity index (χ1n) is 20.6. The summed E-state index contributed by atoms with van der Waals surface area (Å²) in [5.41, 5.74) is 6.57. The summed E-state index contributed by atoms with van der Waals surface area (Å²) in [6.07, 6.45) is 16.8. The number of nitrogens with zero attached hydrogens (tertiary/aromatic N) is 5. The van der Waals surface area contributed by atoms with Crippen molar-refractivity contribution in [3.05, 3.63) is 88.4 Å². The molecule has 0 saturated heterocycles. The third kappa shape index (κ3) is 10.9. The molecule has 0 bridgehead atoms. The maximum atomic E-state index is 13.6. The van der Waals surface area contributed by atoms with Crippen molar-refractivity contribution in [2.45, 2.75) is 123 Å². The number of unbranched alkanes of at least 4 members (excludes halogenated alkanes) is 12. The van der Waals surface area contributed by atoms with Crippen LogP contribution in [-0.4, -0.2) is 56.4 Å². The average Bonchev–Trinajstić information content (AvgIpc) is 3.76. The molecule has 2 N–H and O–H groups in total. The molecule has 6 rings (SSSR count). The lowest BCUT2D eigenvalue weighted by molar-refractivity contribution is -0.140. The number of hydrogen-bond acceptors (Lipinski definition) is 9. The zero-order chi connectivity index (χ0) is 40.1. The number of nitrogens with one attached hydrogen (secondary N) is 1. The molecule has 1 aliphatic rings. The lowest BCUT2D eigenvalue weighted by atomic mass is 9.94. The number of benzene rings is 2. The van der Waals surface area contributed by atoms with E-state index in [1.165, 1.54) is 76.2 Å². The first kappa shape index (κ1) is 41.5. The van der Waals surface area contributed by atoms with Crippen molar-refractivity contribution in [1.82, 2.24) is 19.7 Å². The Morgan fingerprint density at radius 1 is 0.825 bits per heavy atom. The first-order chi connectivity index (χ1) is 27.7. The van der Waals surface area contributed by atoms with E-state index in [1.807, 2.05) is 67.1 Å². The topological polar surface area (TPSA) is 140 Å². The van der Waals surface area contributed by atoms with E-state index in [4.69, 9.17) is 14.8 Å². The number of carbonyl (C=O) groups is 3. The Hall–Kier alpha value is -5.10. The van der Waals surface area contributed by atoms with Gasteiger partial charge in [-0.3, -0.25) is 19.6 Å². The molecule has 1 amide bonds. The molecule has 2 aromatic carbocycles. The highest BCUT2D eigenvalue weighted by Gasteiger charge is 2.26. The summed E-state index contributed by atoms with van der Waals surface area (Å²) in [6, 6.07) is 17.3. The van der Waals surface area contributed by atoms with Crippen LogP contribution in [0.15, 0.2) is 54.6 Å². The average molecular weight is 793 g/mol. The summed E-state index contributed by atoms with van der Waals surface area (Å²) in [5, 5.41) is 18.8. The molecule has 5 aromatic rings. The predicted molar refractivity (Wildman–Crippen MR) is 227 cm³/mol. The van der Waals surface area contributed by atoms with Crippen LogP contribution in [0.25, 0.3) is 21.3 Å². The number of thiazole rings is 1. The van der Waals surface area contributed by atoms with Crippen LogP contribution in [0.5, 0.6) is 0 Å². The van der Waals surface area contributed by atoms with Gasteiger partial charge in [0, 0.05) is 48.4 Å². The molecule has 3 aromatic heterocycles. The molecule has 12 heteroatoms. The Bertz CT molecular complexity index is 2130. The number of para-hydroxylation sites is 1. The summed E-state index contributed by atoms with van der Waals surface area (Å²) in [4.78, 5) is 48.8. The van der Waals surface area contributed by atoms with E-state index < -0.39 is 5.97 Å². The Labute approximate surface area is 339 Å². The highest BCUT2D eigenvalue weighted by molar-refractivity contribution is 7.22. The minimum Gasteiger partial charge on any atom is -0.476 e. The van der Waals surface area contributed by atoms with E-state index in [-0.39, 0.29) is 17.6 Å². The number of carboxylic acids is 1. The molecule has 0 aliphatic carbocycles. The van der Waals surface area contributed by atoms with Crippen LogP contribution in [0.1, 0.15) is 133 Å².